The summed E-state index contributed by atoms with van der Waals surface area (Å²) >= 11 is 0. The number of nitrogens with zero attached hydrogens (tertiary/aromatic N) is 1. The molecule has 1 aliphatic heterocycles. The molecule has 1 fully saturated rings. The molecule has 0 aromatic rings. The topological polar surface area (TPSA) is 80.3 Å². The number of nitrogens with one attached hydrogen (secondary N) is 1. The zero-order valence-electron chi connectivity index (χ0n) is 9.69. The van der Waals surface area contributed by atoms with Gasteiger partial charge in [0.15, 0.2) is 0 Å². The number of likely N-dealkylation sites (tertiary alicyclic amines) is 1. The van der Waals surface area contributed by atoms with E-state index in [2.05, 4.69) is 14.0 Å². The molecule has 0 saturated carbocycles. The third-order valence-corrected chi connectivity index (χ3v) is 4.20. The Kier molecular flexibility index (Phi) is 5.91. The molecule has 1 rings (SSSR count). The summed E-state index contributed by atoms with van der Waals surface area (Å²) in [6.45, 7) is 6.43. The van der Waals surface area contributed by atoms with Crippen molar-refractivity contribution in [1.82, 2.24) is 4.13 Å². The molecule has 0 spiro atoms. The van der Waals surface area contributed by atoms with Crippen molar-refractivity contribution in [1.29, 1.82) is 0 Å². The van der Waals surface area contributed by atoms with Crippen LogP contribution in [-0.2, 0) is 20.8 Å². The Labute approximate surface area is 101 Å². The maximum absolute atomic E-state index is 11.1. The van der Waals surface area contributed by atoms with Gasteiger partial charge in [-0.3, -0.25) is 0 Å². The predicted octanol–water partition coefficient (Wildman–Crippen LogP) is 0.251. The fourth-order valence-electron chi connectivity index (χ4n) is 1.53. The summed E-state index contributed by atoms with van der Waals surface area (Å²) in [5.74, 6) is 0. The van der Waals surface area contributed by atoms with Gasteiger partial charge in [-0.25, -0.2) is 0 Å². The van der Waals surface area contributed by atoms with Crippen LogP contribution in [0.2, 0.25) is 0 Å². The molecule has 1 heterocycles. The summed E-state index contributed by atoms with van der Waals surface area (Å²) in [7, 11) is -8.64. The Morgan fingerprint density at radius 3 is 1.53 bits per heavy atom. The van der Waals surface area contributed by atoms with Gasteiger partial charge in [0, 0.05) is 12.8 Å². The third-order valence-electron chi connectivity index (χ3n) is 2.61. The summed E-state index contributed by atoms with van der Waals surface area (Å²) in [5.41, 5.74) is 0. The molecule has 1 saturated heterocycles. The lowest BCUT2D eigenvalue weighted by Gasteiger charge is -2.26. The molecule has 6 nitrogen and oxygen atoms in total. The molecule has 1 N–H and O–H groups in total. The van der Waals surface area contributed by atoms with Gasteiger partial charge in [-0.2, -0.15) is 16.8 Å². The molecule has 17 heavy (non-hydrogen) atoms. The summed E-state index contributed by atoms with van der Waals surface area (Å²) in [4.78, 5) is 0. The monoisotopic (exact) mass is 295 g/mol. The van der Waals surface area contributed by atoms with Gasteiger partial charge < -0.3 is 4.48 Å². The normalized spacial score (nSPS) is 19.5. The van der Waals surface area contributed by atoms with Crippen molar-refractivity contribution in [2.75, 3.05) is 26.7 Å². The van der Waals surface area contributed by atoms with E-state index in [4.69, 9.17) is 0 Å². The zero-order chi connectivity index (χ0) is 13.7. The van der Waals surface area contributed by atoms with E-state index < -0.39 is 20.8 Å². The van der Waals surface area contributed by atoms with Crippen molar-refractivity contribution in [2.24, 2.45) is 0 Å². The molecular weight excluding hydrogens is 278 g/mol. The highest BCUT2D eigenvalue weighted by Crippen LogP contribution is 2.14. The van der Waals surface area contributed by atoms with Gasteiger partial charge in [-0.1, -0.05) is 11.9 Å². The van der Waals surface area contributed by atoms with Gasteiger partial charge in [0.05, 0.1) is 26.7 Å². The van der Waals surface area contributed by atoms with Crippen LogP contribution < -0.4 is 4.13 Å². The minimum absolute atomic E-state index is 0.0694. The molecule has 0 aromatic heterocycles. The Hall–Kier alpha value is -0.320. The summed E-state index contributed by atoms with van der Waals surface area (Å²) in [5, 5.41) is 0. The first kappa shape index (κ1) is 16.7. The van der Waals surface area contributed by atoms with Crippen molar-refractivity contribution >= 4 is 20.8 Å². The van der Waals surface area contributed by atoms with E-state index in [1.54, 1.807) is 0 Å². The van der Waals surface area contributed by atoms with Crippen LogP contribution in [0, 0.1) is 0 Å². The van der Waals surface area contributed by atoms with E-state index in [1.165, 1.54) is 37.0 Å². The first-order valence-corrected chi connectivity index (χ1v) is 7.75. The molecule has 0 atom stereocenters. The Morgan fingerprint density at radius 2 is 1.41 bits per heavy atom. The summed E-state index contributed by atoms with van der Waals surface area (Å²) in [6.07, 6.45) is 2.90. The van der Waals surface area contributed by atoms with Crippen molar-refractivity contribution in [3.05, 3.63) is 0 Å². The largest absolute Gasteiger partial charge is 0.387 e. The average Bonchev–Trinajstić information content (AvgIpc) is 2.47. The van der Waals surface area contributed by atoms with Crippen LogP contribution >= 0.6 is 0 Å². The van der Waals surface area contributed by atoms with Gasteiger partial charge in [0.25, 0.3) is 0 Å². The highest BCUT2D eigenvalue weighted by Gasteiger charge is 2.23. The molecule has 0 unspecified atom stereocenters. The van der Waals surface area contributed by atoms with E-state index in [9.17, 15) is 24.6 Å². The van der Waals surface area contributed by atoms with Gasteiger partial charge in [0.1, 0.15) is 0 Å². The Balaban J connectivity index is 0.000000302. The first-order chi connectivity index (χ1) is 7.47. The van der Waals surface area contributed by atoms with Gasteiger partial charge >= 0.3 is 20.8 Å². The molecule has 0 aliphatic carbocycles. The smallest absolute Gasteiger partial charge is 0.326 e. The van der Waals surface area contributed by atoms with E-state index in [0.717, 1.165) is 0 Å². The lowest BCUT2D eigenvalue weighted by Crippen LogP contribution is -2.40. The molecule has 1 aliphatic rings. The minimum Gasteiger partial charge on any atom is -0.326 e. The second-order valence-corrected chi connectivity index (χ2v) is 6.47. The van der Waals surface area contributed by atoms with Gasteiger partial charge in [-0.15, -0.1) is 0 Å². The fraction of sp³-hybridized carbons (Fsp3) is 1.00. The number of halogens is 2. The molecule has 0 amide bonds. The molecule has 10 heteroatoms. The summed E-state index contributed by atoms with van der Waals surface area (Å²) in [6, 6.07) is 0. The standard InChI is InChI=1S/C7H16N.F2HNO4S2/c1-3-8(2)6-4-5-7-8;1-8(4,5)3-9(2,6)7/h3-7H2,1-2H3;3H/q+1;. The maximum Gasteiger partial charge on any atom is 0.387 e. The second kappa shape index (κ2) is 6.03. The SMILES string of the molecule is CC[N+]1(C)CCCC1.O=S(=O)(F)NS(=O)(=O)F. The van der Waals surface area contributed by atoms with Crippen LogP contribution in [0.3, 0.4) is 0 Å². The maximum atomic E-state index is 11.1. The summed E-state index contributed by atoms with van der Waals surface area (Å²) < 4.78 is 60.6. The first-order valence-electron chi connectivity index (χ1n) is 4.99. The van der Waals surface area contributed by atoms with E-state index in [-0.39, 0.29) is 4.13 Å². The van der Waals surface area contributed by atoms with E-state index >= 15 is 0 Å². The molecule has 0 aromatic carbocycles. The van der Waals surface area contributed by atoms with Gasteiger partial charge in [0.2, 0.25) is 0 Å². The molecular formula is C7H17F2N2O4S2+. The van der Waals surface area contributed by atoms with Crippen LogP contribution in [0.1, 0.15) is 19.8 Å². The van der Waals surface area contributed by atoms with Crippen LogP contribution in [0.5, 0.6) is 0 Å². The minimum atomic E-state index is -5.49. The van der Waals surface area contributed by atoms with Crippen molar-refractivity contribution in [3.8, 4) is 0 Å². The highest BCUT2D eigenvalue weighted by molar-refractivity contribution is 7.99. The lowest BCUT2D eigenvalue weighted by molar-refractivity contribution is -0.895. The molecule has 104 valence electrons. The van der Waals surface area contributed by atoms with Crippen LogP contribution in [-0.4, -0.2) is 48.0 Å². The number of hydrogen-bond acceptors (Lipinski definition) is 4. The quantitative estimate of drug-likeness (QED) is 0.598. The van der Waals surface area contributed by atoms with Crippen LogP contribution in [0.4, 0.5) is 7.77 Å². The Bertz CT molecular complexity index is 399. The number of rotatable bonds is 3. The zero-order valence-corrected chi connectivity index (χ0v) is 11.3. The fourth-order valence-corrected chi connectivity index (χ4v) is 2.49. The number of quaternary nitrogens is 1. The average molecular weight is 295 g/mol. The van der Waals surface area contributed by atoms with E-state index in [1.807, 2.05) is 0 Å². The van der Waals surface area contributed by atoms with E-state index in [0.29, 0.717) is 0 Å². The number of hydrogen-bond donors (Lipinski definition) is 1. The van der Waals surface area contributed by atoms with Crippen molar-refractivity contribution < 1.29 is 29.1 Å². The second-order valence-electron chi connectivity index (χ2n) is 4.05. The van der Waals surface area contributed by atoms with Crippen LogP contribution in [0.25, 0.3) is 0 Å². The molecule has 0 bridgehead atoms. The van der Waals surface area contributed by atoms with Crippen LogP contribution in [0.15, 0.2) is 0 Å². The lowest BCUT2D eigenvalue weighted by atomic mass is 10.4. The van der Waals surface area contributed by atoms with Crippen molar-refractivity contribution in [2.45, 2.75) is 19.8 Å². The highest BCUT2D eigenvalue weighted by atomic mass is 32.3. The Morgan fingerprint density at radius 1 is 1.06 bits per heavy atom. The van der Waals surface area contributed by atoms with Crippen molar-refractivity contribution in [3.63, 3.8) is 0 Å². The third kappa shape index (κ3) is 9.39. The molecule has 0 radical (unpaired) electrons. The van der Waals surface area contributed by atoms with Gasteiger partial charge in [-0.05, 0) is 6.92 Å². The predicted molar refractivity (Wildman–Crippen MR) is 58.9 cm³/mol.